The summed E-state index contributed by atoms with van der Waals surface area (Å²) >= 11 is 0. The maximum atomic E-state index is 14.0. The first-order valence-electron chi connectivity index (χ1n) is 7.53. The lowest BCUT2D eigenvalue weighted by atomic mass is 10.0. The van der Waals surface area contributed by atoms with Crippen LogP contribution in [0.2, 0.25) is 0 Å². The van der Waals surface area contributed by atoms with Crippen molar-refractivity contribution >= 4 is 5.69 Å². The number of halogens is 1. The summed E-state index contributed by atoms with van der Waals surface area (Å²) in [4.78, 5) is 4.65. The van der Waals surface area contributed by atoms with Crippen molar-refractivity contribution in [3.8, 4) is 0 Å². The van der Waals surface area contributed by atoms with Crippen LogP contribution in [0.25, 0.3) is 0 Å². The molecular weight excluding hydrogens is 253 g/mol. The maximum absolute atomic E-state index is 14.0. The van der Waals surface area contributed by atoms with Crippen molar-refractivity contribution in [3.05, 3.63) is 29.6 Å². The van der Waals surface area contributed by atoms with E-state index in [4.69, 9.17) is 5.73 Å². The molecule has 2 rings (SSSR count). The van der Waals surface area contributed by atoms with Gasteiger partial charge in [-0.25, -0.2) is 4.39 Å². The van der Waals surface area contributed by atoms with E-state index in [0.717, 1.165) is 18.8 Å². The van der Waals surface area contributed by atoms with Crippen molar-refractivity contribution in [2.45, 2.75) is 38.8 Å². The first-order chi connectivity index (χ1) is 9.54. The van der Waals surface area contributed by atoms with Gasteiger partial charge in [0.2, 0.25) is 0 Å². The second-order valence-electron chi connectivity index (χ2n) is 5.77. The zero-order valence-electron chi connectivity index (χ0n) is 12.8. The van der Waals surface area contributed by atoms with Gasteiger partial charge in [0.05, 0.1) is 0 Å². The number of likely N-dealkylation sites (tertiary alicyclic amines) is 1. The third-order valence-electron chi connectivity index (χ3n) is 4.29. The Morgan fingerprint density at radius 2 is 2.25 bits per heavy atom. The molecule has 1 fully saturated rings. The zero-order valence-corrected chi connectivity index (χ0v) is 12.8. The largest absolute Gasteiger partial charge is 0.373 e. The molecule has 0 spiro atoms. The molecule has 4 heteroatoms. The zero-order chi connectivity index (χ0) is 14.7. The molecule has 1 aliphatic heterocycles. The van der Waals surface area contributed by atoms with Crippen LogP contribution < -0.4 is 10.6 Å². The minimum atomic E-state index is -0.292. The van der Waals surface area contributed by atoms with E-state index in [1.165, 1.54) is 25.5 Å². The summed E-state index contributed by atoms with van der Waals surface area (Å²) in [5, 5.41) is 0. The van der Waals surface area contributed by atoms with Crippen LogP contribution in [0.4, 0.5) is 10.1 Å². The van der Waals surface area contributed by atoms with Gasteiger partial charge in [-0.15, -0.1) is 0 Å². The quantitative estimate of drug-likeness (QED) is 0.899. The average molecular weight is 279 g/mol. The van der Waals surface area contributed by atoms with Crippen LogP contribution in [0.15, 0.2) is 18.2 Å². The summed E-state index contributed by atoms with van der Waals surface area (Å²) in [5.41, 5.74) is 7.48. The molecule has 20 heavy (non-hydrogen) atoms. The summed E-state index contributed by atoms with van der Waals surface area (Å²) in [7, 11) is 2.03. The molecule has 0 bridgehead atoms. The van der Waals surface area contributed by atoms with E-state index < -0.39 is 0 Å². The predicted octanol–water partition coefficient (Wildman–Crippen LogP) is 2.77. The lowest BCUT2D eigenvalue weighted by Crippen LogP contribution is -2.39. The first-order valence-corrected chi connectivity index (χ1v) is 7.53. The van der Waals surface area contributed by atoms with E-state index in [1.807, 2.05) is 20.0 Å². The molecule has 1 aromatic carbocycles. The maximum Gasteiger partial charge on any atom is 0.130 e. The fourth-order valence-electron chi connectivity index (χ4n) is 3.24. The number of nitrogens with two attached hydrogens (primary N) is 1. The molecular formula is C16H26FN3. The summed E-state index contributed by atoms with van der Waals surface area (Å²) in [5.74, 6) is -0.205. The molecule has 0 radical (unpaired) electrons. The van der Waals surface area contributed by atoms with E-state index in [9.17, 15) is 4.39 Å². The van der Waals surface area contributed by atoms with Crippen LogP contribution in [-0.4, -0.2) is 37.6 Å². The lowest BCUT2D eigenvalue weighted by molar-refractivity contribution is 0.270. The van der Waals surface area contributed by atoms with Crippen molar-refractivity contribution in [1.82, 2.24) is 4.90 Å². The minimum Gasteiger partial charge on any atom is -0.373 e. The summed E-state index contributed by atoms with van der Waals surface area (Å²) in [6, 6.07) is 5.49. The normalized spacial score (nSPS) is 21.1. The van der Waals surface area contributed by atoms with E-state index in [-0.39, 0.29) is 11.9 Å². The van der Waals surface area contributed by atoms with Crippen LogP contribution in [0.3, 0.4) is 0 Å². The Hall–Kier alpha value is -1.13. The molecule has 112 valence electrons. The molecule has 0 amide bonds. The van der Waals surface area contributed by atoms with Gasteiger partial charge >= 0.3 is 0 Å². The second kappa shape index (κ2) is 6.55. The molecule has 2 N–H and O–H groups in total. The van der Waals surface area contributed by atoms with Gasteiger partial charge in [0.1, 0.15) is 5.82 Å². The highest BCUT2D eigenvalue weighted by molar-refractivity contribution is 5.55. The van der Waals surface area contributed by atoms with Gasteiger partial charge in [0.25, 0.3) is 0 Å². The highest BCUT2D eigenvalue weighted by Crippen LogP contribution is 2.28. The summed E-state index contributed by atoms with van der Waals surface area (Å²) in [6.07, 6.45) is 2.48. The SMILES string of the molecule is CCN1CCCC1CN(C)c1cccc(F)c1C(C)N. The van der Waals surface area contributed by atoms with Crippen molar-refractivity contribution < 1.29 is 4.39 Å². The number of hydrogen-bond donors (Lipinski definition) is 1. The Morgan fingerprint density at radius 3 is 2.90 bits per heavy atom. The van der Waals surface area contributed by atoms with Crippen LogP contribution in [0.1, 0.15) is 38.3 Å². The van der Waals surface area contributed by atoms with Gasteiger partial charge < -0.3 is 10.6 Å². The fourth-order valence-corrected chi connectivity index (χ4v) is 3.24. The van der Waals surface area contributed by atoms with Gasteiger partial charge in [-0.1, -0.05) is 13.0 Å². The first kappa shape index (κ1) is 15.3. The van der Waals surface area contributed by atoms with E-state index in [2.05, 4.69) is 16.7 Å². The molecule has 1 aliphatic rings. The van der Waals surface area contributed by atoms with Crippen molar-refractivity contribution in [2.24, 2.45) is 5.73 Å². The third kappa shape index (κ3) is 3.13. The van der Waals surface area contributed by atoms with Crippen LogP contribution in [-0.2, 0) is 0 Å². The van der Waals surface area contributed by atoms with Crippen LogP contribution in [0.5, 0.6) is 0 Å². The molecule has 1 aromatic rings. The summed E-state index contributed by atoms with van der Waals surface area (Å²) in [6.45, 7) is 7.23. The second-order valence-corrected chi connectivity index (χ2v) is 5.77. The van der Waals surface area contributed by atoms with Crippen molar-refractivity contribution in [1.29, 1.82) is 0 Å². The number of rotatable bonds is 5. The molecule has 0 saturated carbocycles. The van der Waals surface area contributed by atoms with Gasteiger partial charge in [-0.05, 0) is 45.0 Å². The average Bonchev–Trinajstić information content (AvgIpc) is 2.85. The highest BCUT2D eigenvalue weighted by Gasteiger charge is 2.25. The predicted molar refractivity (Wildman–Crippen MR) is 82.5 cm³/mol. The van der Waals surface area contributed by atoms with Gasteiger partial charge in [0.15, 0.2) is 0 Å². The van der Waals surface area contributed by atoms with Gasteiger partial charge in [-0.3, -0.25) is 4.90 Å². The Morgan fingerprint density at radius 1 is 1.50 bits per heavy atom. The van der Waals surface area contributed by atoms with Crippen molar-refractivity contribution in [3.63, 3.8) is 0 Å². The monoisotopic (exact) mass is 279 g/mol. The molecule has 0 aromatic heterocycles. The number of anilines is 1. The summed E-state index contributed by atoms with van der Waals surface area (Å²) < 4.78 is 14.0. The number of benzene rings is 1. The topological polar surface area (TPSA) is 32.5 Å². The van der Waals surface area contributed by atoms with Crippen LogP contribution >= 0.6 is 0 Å². The standard InChI is InChI=1S/C16H26FN3/c1-4-20-10-6-7-13(20)11-19(3)15-9-5-8-14(17)16(15)12(2)18/h5,8-9,12-13H,4,6-7,10-11,18H2,1-3H3. The van der Waals surface area contributed by atoms with E-state index >= 15 is 0 Å². The van der Waals surface area contributed by atoms with Crippen molar-refractivity contribution in [2.75, 3.05) is 31.6 Å². The van der Waals surface area contributed by atoms with E-state index in [1.54, 1.807) is 6.07 Å². The van der Waals surface area contributed by atoms with Crippen LogP contribution in [0, 0.1) is 5.82 Å². The number of nitrogens with zero attached hydrogens (tertiary/aromatic N) is 2. The molecule has 0 aliphatic carbocycles. The third-order valence-corrected chi connectivity index (χ3v) is 4.29. The Balaban J connectivity index is 2.17. The molecule has 1 saturated heterocycles. The lowest BCUT2D eigenvalue weighted by Gasteiger charge is -2.31. The van der Waals surface area contributed by atoms with E-state index in [0.29, 0.717) is 11.6 Å². The molecule has 2 atom stereocenters. The Labute approximate surface area is 121 Å². The minimum absolute atomic E-state index is 0.205. The highest BCUT2D eigenvalue weighted by atomic mass is 19.1. The Kier molecular flexibility index (Phi) is 5.00. The number of likely N-dealkylation sites (N-methyl/N-ethyl adjacent to an activating group) is 2. The molecule has 3 nitrogen and oxygen atoms in total. The Bertz CT molecular complexity index is 447. The smallest absolute Gasteiger partial charge is 0.130 e. The van der Waals surface area contributed by atoms with Gasteiger partial charge in [-0.2, -0.15) is 0 Å². The molecule has 2 unspecified atom stereocenters. The molecule has 1 heterocycles. The number of hydrogen-bond acceptors (Lipinski definition) is 3. The fraction of sp³-hybridized carbons (Fsp3) is 0.625. The van der Waals surface area contributed by atoms with Gasteiger partial charge in [0, 0.05) is 36.9 Å².